The molecule has 5 N–H and O–H groups in total. The van der Waals surface area contributed by atoms with Gasteiger partial charge in [-0.25, -0.2) is 0 Å². The molecule has 0 aliphatic rings. The van der Waals surface area contributed by atoms with E-state index in [0.717, 1.165) is 13.1 Å². The maximum atomic E-state index is 8.12. The van der Waals surface area contributed by atoms with Crippen molar-refractivity contribution in [2.45, 2.75) is 0 Å². The minimum absolute atomic E-state index is 0.250. The van der Waals surface area contributed by atoms with Gasteiger partial charge in [-0.3, -0.25) is 0 Å². The second-order valence-corrected chi connectivity index (χ2v) is 1.41. The Bertz CT molecular complexity index is 77.0. The standard InChI is InChI=1S/C4H13N3.CO2/c5-1-3-7-4-2-6;2-1-3/h7H,1-6H2;. The first kappa shape index (κ1) is 12.0. The molecule has 0 heterocycles. The lowest BCUT2D eigenvalue weighted by molar-refractivity contribution is -0.191. The van der Waals surface area contributed by atoms with Gasteiger partial charge in [0.25, 0.3) is 0 Å². The van der Waals surface area contributed by atoms with Crippen LogP contribution in [0.1, 0.15) is 0 Å². The van der Waals surface area contributed by atoms with E-state index < -0.39 is 0 Å². The molecule has 10 heavy (non-hydrogen) atoms. The van der Waals surface area contributed by atoms with Crippen LogP contribution in [0.15, 0.2) is 0 Å². The minimum atomic E-state index is 0.250. The van der Waals surface area contributed by atoms with Crippen LogP contribution in [0.25, 0.3) is 0 Å². The van der Waals surface area contributed by atoms with E-state index in [2.05, 4.69) is 5.32 Å². The normalized spacial score (nSPS) is 7.40. The summed E-state index contributed by atoms with van der Waals surface area (Å²) in [7, 11) is 0. The highest BCUT2D eigenvalue weighted by molar-refractivity contribution is 5.20. The zero-order valence-corrected chi connectivity index (χ0v) is 5.80. The Hall–Kier alpha value is -0.740. The van der Waals surface area contributed by atoms with Crippen molar-refractivity contribution in [3.8, 4) is 0 Å². The van der Waals surface area contributed by atoms with Crippen molar-refractivity contribution in [3.05, 3.63) is 0 Å². The van der Waals surface area contributed by atoms with Gasteiger partial charge in [-0.15, -0.1) is 0 Å². The van der Waals surface area contributed by atoms with E-state index in [9.17, 15) is 0 Å². The van der Waals surface area contributed by atoms with Gasteiger partial charge in [0, 0.05) is 26.2 Å². The second-order valence-electron chi connectivity index (χ2n) is 1.41. The number of rotatable bonds is 4. The van der Waals surface area contributed by atoms with Crippen molar-refractivity contribution in [3.63, 3.8) is 0 Å². The van der Waals surface area contributed by atoms with Crippen LogP contribution in [-0.4, -0.2) is 32.3 Å². The van der Waals surface area contributed by atoms with Gasteiger partial charge in [-0.05, 0) is 0 Å². The first-order chi connectivity index (χ1) is 4.83. The summed E-state index contributed by atoms with van der Waals surface area (Å²) in [4.78, 5) is 16.2. The summed E-state index contributed by atoms with van der Waals surface area (Å²) < 4.78 is 0. The summed E-state index contributed by atoms with van der Waals surface area (Å²) in [5.74, 6) is 0. The topological polar surface area (TPSA) is 98.2 Å². The Balaban J connectivity index is 0. The average Bonchev–Trinajstić information content (AvgIpc) is 1.91. The van der Waals surface area contributed by atoms with Crippen LogP contribution in [0.2, 0.25) is 0 Å². The van der Waals surface area contributed by atoms with Gasteiger partial charge in [-0.2, -0.15) is 9.59 Å². The lowest BCUT2D eigenvalue weighted by atomic mass is 10.6. The predicted molar refractivity (Wildman–Crippen MR) is 36.0 cm³/mol. The van der Waals surface area contributed by atoms with Crippen molar-refractivity contribution in [1.82, 2.24) is 5.32 Å². The number of hydrogen-bond acceptors (Lipinski definition) is 5. The van der Waals surface area contributed by atoms with Crippen LogP contribution in [0.5, 0.6) is 0 Å². The number of nitrogens with one attached hydrogen (secondary N) is 1. The van der Waals surface area contributed by atoms with Gasteiger partial charge >= 0.3 is 6.15 Å². The highest BCUT2D eigenvalue weighted by atomic mass is 16.2. The highest BCUT2D eigenvalue weighted by Crippen LogP contribution is 1.49. The molecule has 0 aromatic rings. The van der Waals surface area contributed by atoms with E-state index in [1.54, 1.807) is 0 Å². The predicted octanol–water partition coefficient (Wildman–Crippen LogP) is -2.09. The molecule has 0 atom stereocenters. The van der Waals surface area contributed by atoms with Crippen molar-refractivity contribution < 1.29 is 9.59 Å². The molecular formula is C5H13N3O2. The molecule has 60 valence electrons. The molecule has 0 unspecified atom stereocenters. The molecule has 0 radical (unpaired) electrons. The van der Waals surface area contributed by atoms with Gasteiger partial charge in [0.05, 0.1) is 0 Å². The second kappa shape index (κ2) is 15.7. The third kappa shape index (κ3) is 26.8. The molecule has 0 aromatic carbocycles. The average molecular weight is 147 g/mol. The Kier molecular flexibility index (Phi) is 18.9. The number of carbonyl (C=O) groups excluding carboxylic acids is 2. The fraction of sp³-hybridized carbons (Fsp3) is 0.800. The molecular weight excluding hydrogens is 134 g/mol. The van der Waals surface area contributed by atoms with Crippen molar-refractivity contribution in [1.29, 1.82) is 0 Å². The van der Waals surface area contributed by atoms with Crippen LogP contribution >= 0.6 is 0 Å². The van der Waals surface area contributed by atoms with Crippen LogP contribution in [-0.2, 0) is 9.59 Å². The molecule has 0 saturated heterocycles. The zero-order chi connectivity index (χ0) is 8.24. The molecule has 0 aliphatic carbocycles. The summed E-state index contributed by atoms with van der Waals surface area (Å²) >= 11 is 0. The van der Waals surface area contributed by atoms with E-state index >= 15 is 0 Å². The summed E-state index contributed by atoms with van der Waals surface area (Å²) in [5.41, 5.74) is 10.3. The van der Waals surface area contributed by atoms with Crippen LogP contribution in [0.4, 0.5) is 0 Å². The third-order valence-corrected chi connectivity index (χ3v) is 0.642. The fourth-order valence-electron chi connectivity index (χ4n) is 0.329. The smallest absolute Gasteiger partial charge is 0.329 e. The summed E-state index contributed by atoms with van der Waals surface area (Å²) in [6, 6.07) is 0. The summed E-state index contributed by atoms with van der Waals surface area (Å²) in [6.45, 7) is 3.13. The highest BCUT2D eigenvalue weighted by Gasteiger charge is 1.76. The van der Waals surface area contributed by atoms with Gasteiger partial charge in [0.2, 0.25) is 0 Å². The van der Waals surface area contributed by atoms with E-state index in [1.165, 1.54) is 0 Å². The monoisotopic (exact) mass is 147 g/mol. The van der Waals surface area contributed by atoms with Gasteiger partial charge in [-0.1, -0.05) is 0 Å². The van der Waals surface area contributed by atoms with E-state index in [1.807, 2.05) is 0 Å². The van der Waals surface area contributed by atoms with Crippen LogP contribution in [0, 0.1) is 0 Å². The van der Waals surface area contributed by atoms with Crippen LogP contribution in [0.3, 0.4) is 0 Å². The quantitative estimate of drug-likeness (QED) is 0.396. The fourth-order valence-corrected chi connectivity index (χ4v) is 0.329. The number of nitrogens with two attached hydrogens (primary N) is 2. The summed E-state index contributed by atoms with van der Waals surface area (Å²) in [5, 5.41) is 3.03. The van der Waals surface area contributed by atoms with Gasteiger partial charge in [0.1, 0.15) is 0 Å². The molecule has 0 aliphatic heterocycles. The molecule has 0 bridgehead atoms. The molecule has 0 amide bonds. The van der Waals surface area contributed by atoms with Gasteiger partial charge in [0.15, 0.2) is 0 Å². The first-order valence-corrected chi connectivity index (χ1v) is 2.93. The molecule has 5 nitrogen and oxygen atoms in total. The largest absolute Gasteiger partial charge is 0.373 e. The maximum absolute atomic E-state index is 8.12. The SMILES string of the molecule is NCCNCCN.O=C=O. The van der Waals surface area contributed by atoms with E-state index in [0.29, 0.717) is 13.1 Å². The van der Waals surface area contributed by atoms with E-state index in [4.69, 9.17) is 21.1 Å². The lowest BCUT2D eigenvalue weighted by Gasteiger charge is -1.95. The minimum Gasteiger partial charge on any atom is -0.329 e. The first-order valence-electron chi connectivity index (χ1n) is 2.93. The number of hydrogen-bond donors (Lipinski definition) is 3. The molecule has 0 spiro atoms. The molecule has 0 saturated carbocycles. The van der Waals surface area contributed by atoms with Crippen molar-refractivity contribution >= 4 is 6.15 Å². The Morgan fingerprint density at radius 1 is 1.10 bits per heavy atom. The van der Waals surface area contributed by atoms with Crippen molar-refractivity contribution in [2.24, 2.45) is 11.5 Å². The van der Waals surface area contributed by atoms with Crippen LogP contribution < -0.4 is 16.8 Å². The van der Waals surface area contributed by atoms with Crippen molar-refractivity contribution in [2.75, 3.05) is 26.2 Å². The Morgan fingerprint density at radius 2 is 1.40 bits per heavy atom. The third-order valence-electron chi connectivity index (χ3n) is 0.642. The molecule has 0 aromatic heterocycles. The summed E-state index contributed by atoms with van der Waals surface area (Å²) in [6.07, 6.45) is 0.250. The molecule has 5 heteroatoms. The molecule has 0 rings (SSSR count). The molecule has 0 fully saturated rings. The lowest BCUT2D eigenvalue weighted by Crippen LogP contribution is -2.27. The zero-order valence-electron chi connectivity index (χ0n) is 5.80. The Labute approximate surface area is 59.8 Å². The van der Waals surface area contributed by atoms with E-state index in [-0.39, 0.29) is 6.15 Å². The maximum Gasteiger partial charge on any atom is 0.373 e. The Morgan fingerprint density at radius 3 is 1.60 bits per heavy atom. The van der Waals surface area contributed by atoms with Gasteiger partial charge < -0.3 is 16.8 Å².